The Hall–Kier alpha value is -1.55. The first-order valence-electron chi connectivity index (χ1n) is 6.53. The number of hydrazine groups is 1. The second kappa shape index (κ2) is 4.28. The van der Waals surface area contributed by atoms with E-state index in [9.17, 15) is 4.79 Å². The standard InChI is InChI=1S/C14H18N2O2/c15-16-13(17)14(6-1-2-7-14)11-3-4-12-10(9-11)5-8-18-12/h3-4,9H,1-2,5-8,15H2,(H,16,17). The van der Waals surface area contributed by atoms with Gasteiger partial charge in [0.15, 0.2) is 0 Å². The molecule has 1 aromatic rings. The van der Waals surface area contributed by atoms with Crippen molar-refractivity contribution in [1.82, 2.24) is 5.43 Å². The summed E-state index contributed by atoms with van der Waals surface area (Å²) in [5.41, 5.74) is 4.22. The highest BCUT2D eigenvalue weighted by Gasteiger charge is 2.42. The highest BCUT2D eigenvalue weighted by atomic mass is 16.5. The molecule has 0 spiro atoms. The zero-order valence-electron chi connectivity index (χ0n) is 10.4. The van der Waals surface area contributed by atoms with Crippen molar-refractivity contribution >= 4 is 5.91 Å². The minimum atomic E-state index is -0.424. The first-order chi connectivity index (χ1) is 8.76. The highest BCUT2D eigenvalue weighted by Crippen LogP contribution is 2.43. The summed E-state index contributed by atoms with van der Waals surface area (Å²) in [5, 5.41) is 0. The van der Waals surface area contributed by atoms with Gasteiger partial charge in [-0.1, -0.05) is 25.0 Å². The third-order valence-electron chi connectivity index (χ3n) is 4.26. The van der Waals surface area contributed by atoms with Gasteiger partial charge in [-0.2, -0.15) is 0 Å². The summed E-state index contributed by atoms with van der Waals surface area (Å²) in [4.78, 5) is 12.2. The van der Waals surface area contributed by atoms with E-state index in [1.54, 1.807) is 0 Å². The zero-order valence-corrected chi connectivity index (χ0v) is 10.4. The number of fused-ring (bicyclic) bond motifs is 1. The molecule has 96 valence electrons. The van der Waals surface area contributed by atoms with Gasteiger partial charge < -0.3 is 4.74 Å². The molecule has 4 heteroatoms. The van der Waals surface area contributed by atoms with Gasteiger partial charge in [0.05, 0.1) is 12.0 Å². The van der Waals surface area contributed by atoms with Crippen LogP contribution in [0.1, 0.15) is 36.8 Å². The van der Waals surface area contributed by atoms with Crippen molar-refractivity contribution in [2.45, 2.75) is 37.5 Å². The van der Waals surface area contributed by atoms with Gasteiger partial charge in [0.2, 0.25) is 5.91 Å². The Morgan fingerprint density at radius 3 is 2.83 bits per heavy atom. The Bertz CT molecular complexity index is 479. The fourth-order valence-electron chi connectivity index (χ4n) is 3.25. The number of carbonyl (C=O) groups is 1. The molecule has 3 N–H and O–H groups in total. The lowest BCUT2D eigenvalue weighted by atomic mass is 9.77. The lowest BCUT2D eigenvalue weighted by Crippen LogP contribution is -2.45. The van der Waals surface area contributed by atoms with Crippen LogP contribution in [0.4, 0.5) is 0 Å². The summed E-state index contributed by atoms with van der Waals surface area (Å²) >= 11 is 0. The molecule has 0 atom stereocenters. The predicted molar refractivity (Wildman–Crippen MR) is 68.1 cm³/mol. The number of ether oxygens (including phenoxy) is 1. The molecular formula is C14H18N2O2. The minimum Gasteiger partial charge on any atom is -0.493 e. The Kier molecular flexibility index (Phi) is 2.74. The fourth-order valence-corrected chi connectivity index (χ4v) is 3.25. The molecule has 1 fully saturated rings. The second-order valence-corrected chi connectivity index (χ2v) is 5.18. The van der Waals surface area contributed by atoms with Gasteiger partial charge in [0.1, 0.15) is 5.75 Å². The molecule has 0 bridgehead atoms. The summed E-state index contributed by atoms with van der Waals surface area (Å²) in [7, 11) is 0. The van der Waals surface area contributed by atoms with Crippen LogP contribution in [-0.4, -0.2) is 12.5 Å². The van der Waals surface area contributed by atoms with E-state index in [1.807, 2.05) is 12.1 Å². The SMILES string of the molecule is NNC(=O)C1(c2ccc3c(c2)CCO3)CCCC1. The zero-order chi connectivity index (χ0) is 12.6. The number of nitrogens with two attached hydrogens (primary N) is 1. The van der Waals surface area contributed by atoms with Crippen molar-refractivity contribution < 1.29 is 9.53 Å². The van der Waals surface area contributed by atoms with E-state index in [4.69, 9.17) is 10.6 Å². The molecule has 2 aliphatic rings. The summed E-state index contributed by atoms with van der Waals surface area (Å²) in [6.45, 7) is 0.745. The van der Waals surface area contributed by atoms with Crippen molar-refractivity contribution in [1.29, 1.82) is 0 Å². The summed E-state index contributed by atoms with van der Waals surface area (Å²) in [5.74, 6) is 6.26. The molecule has 1 aliphatic carbocycles. The molecule has 1 heterocycles. The Morgan fingerprint density at radius 1 is 1.33 bits per heavy atom. The van der Waals surface area contributed by atoms with Gasteiger partial charge >= 0.3 is 0 Å². The third kappa shape index (κ3) is 1.60. The molecule has 1 aromatic carbocycles. The molecule has 0 unspecified atom stereocenters. The Balaban J connectivity index is 2.03. The third-order valence-corrected chi connectivity index (χ3v) is 4.26. The van der Waals surface area contributed by atoms with Crippen molar-refractivity contribution in [3.05, 3.63) is 29.3 Å². The number of amides is 1. The van der Waals surface area contributed by atoms with Gasteiger partial charge in [0.25, 0.3) is 0 Å². The minimum absolute atomic E-state index is 0.0566. The second-order valence-electron chi connectivity index (χ2n) is 5.18. The maximum absolute atomic E-state index is 12.2. The van der Waals surface area contributed by atoms with Crippen LogP contribution in [0.15, 0.2) is 18.2 Å². The Morgan fingerprint density at radius 2 is 2.11 bits per heavy atom. The molecule has 4 nitrogen and oxygen atoms in total. The molecular weight excluding hydrogens is 228 g/mol. The molecule has 1 amide bonds. The molecule has 1 aliphatic heterocycles. The first-order valence-corrected chi connectivity index (χ1v) is 6.53. The summed E-state index contributed by atoms with van der Waals surface area (Å²) in [6, 6.07) is 6.13. The monoisotopic (exact) mass is 246 g/mol. The maximum atomic E-state index is 12.2. The fraction of sp³-hybridized carbons (Fsp3) is 0.500. The van der Waals surface area contributed by atoms with Crippen LogP contribution in [0, 0.1) is 0 Å². The van der Waals surface area contributed by atoms with E-state index in [-0.39, 0.29) is 5.91 Å². The van der Waals surface area contributed by atoms with Crippen LogP contribution in [-0.2, 0) is 16.6 Å². The average Bonchev–Trinajstić information content (AvgIpc) is 3.06. The number of hydrogen-bond donors (Lipinski definition) is 2. The summed E-state index contributed by atoms with van der Waals surface area (Å²) < 4.78 is 5.51. The van der Waals surface area contributed by atoms with Crippen LogP contribution >= 0.6 is 0 Å². The van der Waals surface area contributed by atoms with Crippen molar-refractivity contribution in [2.75, 3.05) is 6.61 Å². The normalized spacial score (nSPS) is 20.3. The summed E-state index contributed by atoms with van der Waals surface area (Å²) in [6.07, 6.45) is 4.87. The van der Waals surface area contributed by atoms with E-state index in [1.165, 1.54) is 5.56 Å². The average molecular weight is 246 g/mol. The van der Waals surface area contributed by atoms with Crippen molar-refractivity contribution in [3.63, 3.8) is 0 Å². The Labute approximate surface area is 106 Å². The van der Waals surface area contributed by atoms with Gasteiger partial charge in [-0.25, -0.2) is 5.84 Å². The number of hydrogen-bond acceptors (Lipinski definition) is 3. The van der Waals surface area contributed by atoms with Crippen LogP contribution in [0.3, 0.4) is 0 Å². The van der Waals surface area contributed by atoms with E-state index in [2.05, 4.69) is 11.5 Å². The topological polar surface area (TPSA) is 64.3 Å². The van der Waals surface area contributed by atoms with Gasteiger partial charge in [-0.3, -0.25) is 10.2 Å². The van der Waals surface area contributed by atoms with Crippen LogP contribution in [0.2, 0.25) is 0 Å². The molecule has 3 rings (SSSR count). The molecule has 0 saturated heterocycles. The number of rotatable bonds is 2. The van der Waals surface area contributed by atoms with E-state index in [0.29, 0.717) is 0 Å². The molecule has 18 heavy (non-hydrogen) atoms. The van der Waals surface area contributed by atoms with E-state index < -0.39 is 5.41 Å². The lowest BCUT2D eigenvalue weighted by molar-refractivity contribution is -0.126. The number of carbonyl (C=O) groups excluding carboxylic acids is 1. The highest BCUT2D eigenvalue weighted by molar-refractivity contribution is 5.88. The van der Waals surface area contributed by atoms with Crippen molar-refractivity contribution in [2.24, 2.45) is 5.84 Å². The first kappa shape index (κ1) is 11.5. The molecule has 1 saturated carbocycles. The smallest absolute Gasteiger partial charge is 0.244 e. The quantitative estimate of drug-likeness (QED) is 0.471. The van der Waals surface area contributed by atoms with E-state index in [0.717, 1.165) is 50.0 Å². The van der Waals surface area contributed by atoms with Crippen LogP contribution in [0.25, 0.3) is 0 Å². The van der Waals surface area contributed by atoms with Crippen molar-refractivity contribution in [3.8, 4) is 5.75 Å². The molecule has 0 aromatic heterocycles. The van der Waals surface area contributed by atoms with Gasteiger partial charge in [-0.05, 0) is 30.0 Å². The van der Waals surface area contributed by atoms with Crippen LogP contribution in [0.5, 0.6) is 5.75 Å². The molecule has 0 radical (unpaired) electrons. The largest absolute Gasteiger partial charge is 0.493 e. The number of nitrogens with one attached hydrogen (secondary N) is 1. The predicted octanol–water partition coefficient (Wildman–Crippen LogP) is 1.42. The van der Waals surface area contributed by atoms with Crippen LogP contribution < -0.4 is 16.0 Å². The van der Waals surface area contributed by atoms with Gasteiger partial charge in [-0.15, -0.1) is 0 Å². The van der Waals surface area contributed by atoms with Gasteiger partial charge in [0, 0.05) is 6.42 Å². The lowest BCUT2D eigenvalue weighted by Gasteiger charge is -2.27. The number of benzene rings is 1. The van der Waals surface area contributed by atoms with E-state index >= 15 is 0 Å². The maximum Gasteiger partial charge on any atom is 0.244 e.